The van der Waals surface area contributed by atoms with Crippen LogP contribution in [0.2, 0.25) is 0 Å². The molecule has 1 aliphatic heterocycles. The molecule has 96 valence electrons. The van der Waals surface area contributed by atoms with E-state index >= 15 is 0 Å². The first-order chi connectivity index (χ1) is 7.63. The summed E-state index contributed by atoms with van der Waals surface area (Å²) in [6.45, 7) is 5.34. The molecule has 1 heterocycles. The Morgan fingerprint density at radius 2 is 2.25 bits per heavy atom. The van der Waals surface area contributed by atoms with Crippen molar-refractivity contribution in [1.82, 2.24) is 10.2 Å². The van der Waals surface area contributed by atoms with Gasteiger partial charge in [0.15, 0.2) is 0 Å². The lowest BCUT2D eigenvalue weighted by Crippen LogP contribution is -2.43. The van der Waals surface area contributed by atoms with Crippen LogP contribution in [0.5, 0.6) is 0 Å². The predicted octanol–water partition coefficient (Wildman–Crippen LogP) is 0.314. The van der Waals surface area contributed by atoms with Crippen LogP contribution in [-0.4, -0.2) is 62.6 Å². The van der Waals surface area contributed by atoms with Crippen molar-refractivity contribution in [2.45, 2.75) is 31.9 Å². The fraction of sp³-hybridized carbons (Fsp3) is 1.00. The highest BCUT2D eigenvalue weighted by Crippen LogP contribution is 2.18. The van der Waals surface area contributed by atoms with Crippen LogP contribution in [-0.2, 0) is 4.74 Å². The minimum atomic E-state index is -0.286. The summed E-state index contributed by atoms with van der Waals surface area (Å²) < 4.78 is 5.40. The molecule has 1 saturated heterocycles. The largest absolute Gasteiger partial charge is 0.390 e. The molecule has 0 saturated carbocycles. The quantitative estimate of drug-likeness (QED) is 0.661. The number of nitrogens with zero attached hydrogens (tertiary/aromatic N) is 1. The van der Waals surface area contributed by atoms with E-state index in [1.165, 1.54) is 0 Å². The number of hydrogen-bond acceptors (Lipinski definition) is 4. The third-order valence-electron chi connectivity index (χ3n) is 3.17. The van der Waals surface area contributed by atoms with Crippen molar-refractivity contribution >= 4 is 0 Å². The average Bonchev–Trinajstić information content (AvgIpc) is 2.71. The second-order valence-electron chi connectivity index (χ2n) is 4.96. The normalized spacial score (nSPS) is 24.9. The van der Waals surface area contributed by atoms with E-state index in [-0.39, 0.29) is 6.10 Å². The number of nitrogens with one attached hydrogen (secondary N) is 1. The van der Waals surface area contributed by atoms with Gasteiger partial charge in [-0.1, -0.05) is 6.92 Å². The maximum absolute atomic E-state index is 9.77. The molecular weight excluding hydrogens is 204 g/mol. The van der Waals surface area contributed by atoms with Gasteiger partial charge in [0.05, 0.1) is 12.7 Å². The van der Waals surface area contributed by atoms with E-state index in [0.29, 0.717) is 25.0 Å². The molecule has 4 nitrogen and oxygen atoms in total. The SMILES string of the molecule is CCC(NCC(O)CN(C)C)C1CCOC1. The molecule has 1 rings (SSSR count). The Morgan fingerprint density at radius 3 is 2.75 bits per heavy atom. The maximum Gasteiger partial charge on any atom is 0.0791 e. The third kappa shape index (κ3) is 4.78. The molecule has 0 aromatic heterocycles. The first-order valence-electron chi connectivity index (χ1n) is 6.27. The van der Waals surface area contributed by atoms with Gasteiger partial charge in [0.25, 0.3) is 0 Å². The number of rotatable bonds is 7. The Kier molecular flexibility index (Phi) is 6.28. The molecule has 3 atom stereocenters. The van der Waals surface area contributed by atoms with Crippen LogP contribution in [0.1, 0.15) is 19.8 Å². The highest BCUT2D eigenvalue weighted by atomic mass is 16.5. The Morgan fingerprint density at radius 1 is 1.50 bits per heavy atom. The summed E-state index contributed by atoms with van der Waals surface area (Å²) in [6.07, 6.45) is 1.96. The van der Waals surface area contributed by atoms with Gasteiger partial charge in [-0.3, -0.25) is 0 Å². The molecule has 2 N–H and O–H groups in total. The number of aliphatic hydroxyl groups excluding tert-OH is 1. The van der Waals surface area contributed by atoms with Gasteiger partial charge >= 0.3 is 0 Å². The molecule has 0 aliphatic carbocycles. The van der Waals surface area contributed by atoms with Crippen molar-refractivity contribution in [1.29, 1.82) is 0 Å². The van der Waals surface area contributed by atoms with Crippen molar-refractivity contribution < 1.29 is 9.84 Å². The van der Waals surface area contributed by atoms with E-state index in [4.69, 9.17) is 4.74 Å². The summed E-state index contributed by atoms with van der Waals surface area (Å²) in [5.41, 5.74) is 0. The molecule has 0 radical (unpaired) electrons. The molecule has 4 heteroatoms. The fourth-order valence-corrected chi connectivity index (χ4v) is 2.29. The first-order valence-corrected chi connectivity index (χ1v) is 6.27. The molecule has 16 heavy (non-hydrogen) atoms. The molecule has 0 bridgehead atoms. The second-order valence-corrected chi connectivity index (χ2v) is 4.96. The van der Waals surface area contributed by atoms with E-state index in [0.717, 1.165) is 26.1 Å². The Hall–Kier alpha value is -0.160. The number of likely N-dealkylation sites (N-methyl/N-ethyl adjacent to an activating group) is 1. The van der Waals surface area contributed by atoms with E-state index in [9.17, 15) is 5.11 Å². The highest BCUT2D eigenvalue weighted by molar-refractivity contribution is 4.79. The van der Waals surface area contributed by atoms with Gasteiger partial charge in [-0.2, -0.15) is 0 Å². The van der Waals surface area contributed by atoms with Crippen molar-refractivity contribution in [3.8, 4) is 0 Å². The Balaban J connectivity index is 2.22. The summed E-state index contributed by atoms with van der Waals surface area (Å²) in [7, 11) is 3.96. The van der Waals surface area contributed by atoms with E-state index in [2.05, 4.69) is 12.2 Å². The van der Waals surface area contributed by atoms with Crippen LogP contribution in [0, 0.1) is 5.92 Å². The van der Waals surface area contributed by atoms with Gasteiger partial charge < -0.3 is 20.1 Å². The van der Waals surface area contributed by atoms with Crippen molar-refractivity contribution in [3.63, 3.8) is 0 Å². The second kappa shape index (κ2) is 7.22. The number of aliphatic hydroxyl groups is 1. The van der Waals surface area contributed by atoms with Crippen molar-refractivity contribution in [3.05, 3.63) is 0 Å². The van der Waals surface area contributed by atoms with Gasteiger partial charge in [-0.25, -0.2) is 0 Å². The van der Waals surface area contributed by atoms with Crippen LogP contribution in [0.4, 0.5) is 0 Å². The third-order valence-corrected chi connectivity index (χ3v) is 3.17. The summed E-state index contributed by atoms with van der Waals surface area (Å²) in [5, 5.41) is 13.2. The first kappa shape index (κ1) is 13.9. The van der Waals surface area contributed by atoms with E-state index in [1.54, 1.807) is 0 Å². The zero-order valence-electron chi connectivity index (χ0n) is 10.8. The smallest absolute Gasteiger partial charge is 0.0791 e. The molecule has 0 aromatic rings. The summed E-state index contributed by atoms with van der Waals surface area (Å²) in [4.78, 5) is 2.01. The van der Waals surface area contributed by atoms with Gasteiger partial charge in [0.2, 0.25) is 0 Å². The van der Waals surface area contributed by atoms with Crippen molar-refractivity contribution in [2.75, 3.05) is 40.4 Å². The average molecular weight is 230 g/mol. The zero-order chi connectivity index (χ0) is 12.0. The molecule has 0 amide bonds. The van der Waals surface area contributed by atoms with Crippen LogP contribution in [0.3, 0.4) is 0 Å². The van der Waals surface area contributed by atoms with E-state index in [1.807, 2.05) is 19.0 Å². The van der Waals surface area contributed by atoms with Crippen LogP contribution in [0.15, 0.2) is 0 Å². The zero-order valence-corrected chi connectivity index (χ0v) is 10.8. The van der Waals surface area contributed by atoms with E-state index < -0.39 is 0 Å². The number of hydrogen-bond donors (Lipinski definition) is 2. The molecule has 1 aliphatic rings. The van der Waals surface area contributed by atoms with Gasteiger partial charge in [0, 0.05) is 25.7 Å². The van der Waals surface area contributed by atoms with Crippen LogP contribution in [0.25, 0.3) is 0 Å². The predicted molar refractivity (Wildman–Crippen MR) is 65.6 cm³/mol. The lowest BCUT2D eigenvalue weighted by molar-refractivity contribution is 0.124. The lowest BCUT2D eigenvalue weighted by atomic mass is 9.97. The molecule has 0 aromatic carbocycles. The van der Waals surface area contributed by atoms with Crippen molar-refractivity contribution in [2.24, 2.45) is 5.92 Å². The Bertz CT molecular complexity index is 182. The fourth-order valence-electron chi connectivity index (χ4n) is 2.29. The van der Waals surface area contributed by atoms with Gasteiger partial charge in [-0.15, -0.1) is 0 Å². The summed E-state index contributed by atoms with van der Waals surface area (Å²) in [5.74, 6) is 0.622. The Labute approximate surface area is 99.0 Å². The molecule has 1 fully saturated rings. The van der Waals surface area contributed by atoms with Gasteiger partial charge in [0.1, 0.15) is 0 Å². The minimum absolute atomic E-state index is 0.286. The molecule has 3 unspecified atom stereocenters. The minimum Gasteiger partial charge on any atom is -0.390 e. The summed E-state index contributed by atoms with van der Waals surface area (Å²) >= 11 is 0. The summed E-state index contributed by atoms with van der Waals surface area (Å²) in [6, 6.07) is 0.485. The van der Waals surface area contributed by atoms with Crippen LogP contribution >= 0.6 is 0 Å². The monoisotopic (exact) mass is 230 g/mol. The topological polar surface area (TPSA) is 44.7 Å². The van der Waals surface area contributed by atoms with Crippen LogP contribution < -0.4 is 5.32 Å². The standard InChI is InChI=1S/C12H26N2O2/c1-4-12(10-5-6-16-9-10)13-7-11(15)8-14(2)3/h10-13,15H,4-9H2,1-3H3. The maximum atomic E-state index is 9.77. The lowest BCUT2D eigenvalue weighted by Gasteiger charge is -2.25. The number of ether oxygens (including phenoxy) is 1. The molecular formula is C12H26N2O2. The highest BCUT2D eigenvalue weighted by Gasteiger charge is 2.24. The van der Waals surface area contributed by atoms with Gasteiger partial charge in [-0.05, 0) is 32.9 Å². The molecule has 0 spiro atoms.